The average Bonchev–Trinajstić information content (AvgIpc) is 3.17. The van der Waals surface area contributed by atoms with Crippen LogP contribution in [0, 0.1) is 10.1 Å². The fourth-order valence-electron chi connectivity index (χ4n) is 2.43. The molecule has 1 aromatic heterocycles. The zero-order valence-corrected chi connectivity index (χ0v) is 15.4. The maximum Gasteiger partial charge on any atom is 0.269 e. The van der Waals surface area contributed by atoms with E-state index in [0.29, 0.717) is 18.5 Å². The van der Waals surface area contributed by atoms with Gasteiger partial charge in [-0.1, -0.05) is 0 Å². The minimum Gasteiger partial charge on any atom is -0.497 e. The molecular weight excluding hydrogens is 366 g/mol. The number of methoxy groups -OCH3 is 1. The highest BCUT2D eigenvalue weighted by molar-refractivity contribution is 7.13. The lowest BCUT2D eigenvalue weighted by atomic mass is 10.2. The zero-order valence-electron chi connectivity index (χ0n) is 14.5. The van der Waals surface area contributed by atoms with Gasteiger partial charge in [-0.25, -0.2) is 4.98 Å². The van der Waals surface area contributed by atoms with E-state index in [1.165, 1.54) is 24.3 Å². The molecule has 27 heavy (non-hydrogen) atoms. The number of nitrogens with zero attached hydrogens (tertiary/aromatic N) is 2. The molecule has 1 amide bonds. The fraction of sp³-hybridized carbons (Fsp3) is 0.158. The van der Waals surface area contributed by atoms with Crippen molar-refractivity contribution in [2.24, 2.45) is 0 Å². The molecule has 0 aliphatic rings. The summed E-state index contributed by atoms with van der Waals surface area (Å²) >= 11 is 1.55. The van der Waals surface area contributed by atoms with Gasteiger partial charge in [-0.05, 0) is 36.4 Å². The second-order valence-corrected chi connectivity index (χ2v) is 6.54. The number of nitro groups is 1. The van der Waals surface area contributed by atoms with Crippen molar-refractivity contribution < 1.29 is 14.5 Å². The molecule has 0 unspecified atom stereocenters. The first-order chi connectivity index (χ1) is 13.1. The second kappa shape index (κ2) is 8.41. The number of rotatable bonds is 7. The van der Waals surface area contributed by atoms with Crippen molar-refractivity contribution in [2.45, 2.75) is 6.42 Å². The Balaban J connectivity index is 1.53. The molecule has 7 nitrogen and oxygen atoms in total. The number of ether oxygens (including phenoxy) is 1. The summed E-state index contributed by atoms with van der Waals surface area (Å²) in [5.41, 5.74) is 2.26. The van der Waals surface area contributed by atoms with Crippen molar-refractivity contribution in [3.05, 3.63) is 75.3 Å². The van der Waals surface area contributed by atoms with Gasteiger partial charge < -0.3 is 10.1 Å². The van der Waals surface area contributed by atoms with Crippen molar-refractivity contribution in [3.8, 4) is 16.3 Å². The van der Waals surface area contributed by atoms with Crippen LogP contribution in [0.3, 0.4) is 0 Å². The molecule has 2 aromatic carbocycles. The number of aromatic nitrogens is 1. The number of benzene rings is 2. The molecule has 0 saturated heterocycles. The summed E-state index contributed by atoms with van der Waals surface area (Å²) in [7, 11) is 1.63. The van der Waals surface area contributed by atoms with Crippen LogP contribution in [-0.2, 0) is 6.42 Å². The topological polar surface area (TPSA) is 94.4 Å². The predicted molar refractivity (Wildman–Crippen MR) is 103 cm³/mol. The van der Waals surface area contributed by atoms with E-state index in [-0.39, 0.29) is 11.6 Å². The average molecular weight is 383 g/mol. The first-order valence-electron chi connectivity index (χ1n) is 8.18. The number of carbonyl (C=O) groups is 1. The number of nitrogens with one attached hydrogen (secondary N) is 1. The molecule has 3 aromatic rings. The van der Waals surface area contributed by atoms with Gasteiger partial charge in [0.2, 0.25) is 0 Å². The summed E-state index contributed by atoms with van der Waals surface area (Å²) in [5, 5.41) is 16.3. The standard InChI is InChI=1S/C19H17N3O4S/c1-26-17-8-4-14(5-9-17)19-21-15(12-27-19)10-11-20-18(23)13-2-6-16(7-3-13)22(24)25/h2-9,12H,10-11H2,1H3,(H,20,23). The SMILES string of the molecule is COc1ccc(-c2nc(CCNC(=O)c3ccc([N+](=O)[O-])cc3)cs2)cc1. The van der Waals surface area contributed by atoms with Gasteiger partial charge in [-0.2, -0.15) is 0 Å². The van der Waals surface area contributed by atoms with Crippen molar-refractivity contribution in [1.82, 2.24) is 10.3 Å². The lowest BCUT2D eigenvalue weighted by molar-refractivity contribution is -0.384. The van der Waals surface area contributed by atoms with Crippen LogP contribution in [0.2, 0.25) is 0 Å². The van der Waals surface area contributed by atoms with E-state index in [1.807, 2.05) is 29.6 Å². The van der Waals surface area contributed by atoms with Gasteiger partial charge in [-0.15, -0.1) is 11.3 Å². The highest BCUT2D eigenvalue weighted by Crippen LogP contribution is 2.25. The Hall–Kier alpha value is -3.26. The summed E-state index contributed by atoms with van der Waals surface area (Å²) in [6.45, 7) is 0.432. The van der Waals surface area contributed by atoms with Gasteiger partial charge in [0.05, 0.1) is 17.7 Å². The van der Waals surface area contributed by atoms with E-state index in [1.54, 1.807) is 18.4 Å². The number of amides is 1. The molecule has 0 atom stereocenters. The largest absolute Gasteiger partial charge is 0.497 e. The molecule has 8 heteroatoms. The van der Waals surface area contributed by atoms with Crippen LogP contribution >= 0.6 is 11.3 Å². The first-order valence-corrected chi connectivity index (χ1v) is 9.06. The highest BCUT2D eigenvalue weighted by atomic mass is 32.1. The van der Waals surface area contributed by atoms with Crippen molar-refractivity contribution in [2.75, 3.05) is 13.7 Å². The van der Waals surface area contributed by atoms with E-state index in [4.69, 9.17) is 4.74 Å². The highest BCUT2D eigenvalue weighted by Gasteiger charge is 2.10. The van der Waals surface area contributed by atoms with Gasteiger partial charge in [0.1, 0.15) is 10.8 Å². The normalized spacial score (nSPS) is 10.4. The zero-order chi connectivity index (χ0) is 19.2. The van der Waals surface area contributed by atoms with Gasteiger partial charge in [0, 0.05) is 41.6 Å². The molecule has 0 fully saturated rings. The number of nitro benzene ring substituents is 1. The number of hydrogen-bond acceptors (Lipinski definition) is 6. The van der Waals surface area contributed by atoms with Crippen molar-refractivity contribution >= 4 is 22.9 Å². The lowest BCUT2D eigenvalue weighted by Gasteiger charge is -2.04. The third-order valence-electron chi connectivity index (χ3n) is 3.90. The number of hydrogen-bond donors (Lipinski definition) is 1. The van der Waals surface area contributed by atoms with Crippen molar-refractivity contribution in [1.29, 1.82) is 0 Å². The smallest absolute Gasteiger partial charge is 0.269 e. The summed E-state index contributed by atoms with van der Waals surface area (Å²) in [5.74, 6) is 0.528. The number of non-ortho nitro benzene ring substituents is 1. The second-order valence-electron chi connectivity index (χ2n) is 5.68. The summed E-state index contributed by atoms with van der Waals surface area (Å²) < 4.78 is 5.15. The van der Waals surface area contributed by atoms with Crippen molar-refractivity contribution in [3.63, 3.8) is 0 Å². The van der Waals surface area contributed by atoms with Crippen LogP contribution in [-0.4, -0.2) is 29.5 Å². The third kappa shape index (κ3) is 4.68. The Morgan fingerprint density at radius 1 is 1.19 bits per heavy atom. The maximum absolute atomic E-state index is 12.1. The van der Waals surface area contributed by atoms with Gasteiger partial charge in [0.25, 0.3) is 11.6 Å². The molecule has 0 spiro atoms. The summed E-state index contributed by atoms with van der Waals surface area (Å²) in [4.78, 5) is 26.8. The molecule has 0 bridgehead atoms. The van der Waals surface area contributed by atoms with E-state index in [0.717, 1.165) is 22.0 Å². The van der Waals surface area contributed by atoms with E-state index >= 15 is 0 Å². The fourth-order valence-corrected chi connectivity index (χ4v) is 3.29. The van der Waals surface area contributed by atoms with E-state index < -0.39 is 4.92 Å². The lowest BCUT2D eigenvalue weighted by Crippen LogP contribution is -2.25. The Morgan fingerprint density at radius 2 is 1.89 bits per heavy atom. The minimum absolute atomic E-state index is 0.0416. The monoisotopic (exact) mass is 383 g/mol. The van der Waals surface area contributed by atoms with Crippen LogP contribution in [0.5, 0.6) is 5.75 Å². The molecule has 0 saturated carbocycles. The van der Waals surface area contributed by atoms with Crippen LogP contribution in [0.25, 0.3) is 10.6 Å². The molecule has 0 radical (unpaired) electrons. The van der Waals surface area contributed by atoms with Gasteiger partial charge in [-0.3, -0.25) is 14.9 Å². The molecule has 3 rings (SSSR count). The molecule has 1 N–H and O–H groups in total. The summed E-state index contributed by atoms with van der Waals surface area (Å²) in [6.07, 6.45) is 0.603. The molecule has 0 aliphatic heterocycles. The Morgan fingerprint density at radius 3 is 2.52 bits per heavy atom. The van der Waals surface area contributed by atoms with Crippen LogP contribution in [0.4, 0.5) is 5.69 Å². The molecule has 1 heterocycles. The summed E-state index contributed by atoms with van der Waals surface area (Å²) in [6, 6.07) is 13.2. The minimum atomic E-state index is -0.496. The van der Waals surface area contributed by atoms with E-state index in [2.05, 4.69) is 10.3 Å². The van der Waals surface area contributed by atoms with Crippen LogP contribution < -0.4 is 10.1 Å². The number of carbonyl (C=O) groups excluding carboxylic acids is 1. The Bertz CT molecular complexity index is 936. The Kier molecular flexibility index (Phi) is 5.77. The van der Waals surface area contributed by atoms with Crippen LogP contribution in [0.1, 0.15) is 16.1 Å². The van der Waals surface area contributed by atoms with Crippen LogP contribution in [0.15, 0.2) is 53.9 Å². The number of thiazole rings is 1. The van der Waals surface area contributed by atoms with E-state index in [9.17, 15) is 14.9 Å². The van der Waals surface area contributed by atoms with Gasteiger partial charge >= 0.3 is 0 Å². The quantitative estimate of drug-likeness (QED) is 0.496. The Labute approximate surface area is 159 Å². The first kappa shape index (κ1) is 18.5. The third-order valence-corrected chi connectivity index (χ3v) is 4.84. The van der Waals surface area contributed by atoms with Gasteiger partial charge in [0.15, 0.2) is 0 Å². The predicted octanol–water partition coefficient (Wildman–Crippen LogP) is 3.70. The molecular formula is C19H17N3O4S. The molecule has 0 aliphatic carbocycles. The molecule has 138 valence electrons. The maximum atomic E-state index is 12.1.